The fraction of sp³-hybridized carbons (Fsp3) is 0.300. The van der Waals surface area contributed by atoms with E-state index >= 15 is 0 Å². The first-order valence-electron chi connectivity index (χ1n) is 4.75. The van der Waals surface area contributed by atoms with Crippen LogP contribution in [0.1, 0.15) is 16.5 Å². The lowest BCUT2D eigenvalue weighted by molar-refractivity contribution is -0.0266. The molecule has 1 saturated heterocycles. The van der Waals surface area contributed by atoms with E-state index in [0.717, 1.165) is 17.3 Å². The first-order valence-corrected chi connectivity index (χ1v) is 4.75. The third-order valence-corrected chi connectivity index (χ3v) is 2.56. The maximum Gasteiger partial charge on any atom is 0.168 e. The molecule has 2 aromatic heterocycles. The van der Waals surface area contributed by atoms with E-state index in [9.17, 15) is 4.79 Å². The molecule has 0 unspecified atom stereocenters. The molecule has 3 heterocycles. The maximum absolute atomic E-state index is 10.5. The highest BCUT2D eigenvalue weighted by atomic mass is 16.5. The lowest BCUT2D eigenvalue weighted by atomic mass is 10.2. The fourth-order valence-electron chi connectivity index (χ4n) is 1.67. The van der Waals surface area contributed by atoms with Crippen LogP contribution in [-0.2, 0) is 4.74 Å². The molecule has 0 saturated carbocycles. The number of hydrogen-bond acceptors (Lipinski definition) is 4. The standard InChI is InChI=1S/C10H9N3O2/c14-4-7-1-2-10-9(12-7)3-11-13(10)8-5-15-6-8/h1-4,8H,5-6H2. The summed E-state index contributed by atoms with van der Waals surface area (Å²) >= 11 is 0. The van der Waals surface area contributed by atoms with Gasteiger partial charge in [-0.1, -0.05) is 0 Å². The van der Waals surface area contributed by atoms with Gasteiger partial charge in [0.05, 0.1) is 31.0 Å². The van der Waals surface area contributed by atoms with Crippen LogP contribution < -0.4 is 0 Å². The summed E-state index contributed by atoms with van der Waals surface area (Å²) in [5, 5.41) is 4.25. The Morgan fingerprint density at radius 1 is 1.47 bits per heavy atom. The van der Waals surface area contributed by atoms with Gasteiger partial charge in [0, 0.05) is 0 Å². The summed E-state index contributed by atoms with van der Waals surface area (Å²) in [4.78, 5) is 14.7. The molecule has 0 atom stereocenters. The van der Waals surface area contributed by atoms with Crippen molar-refractivity contribution in [1.82, 2.24) is 14.8 Å². The minimum absolute atomic E-state index is 0.311. The summed E-state index contributed by atoms with van der Waals surface area (Å²) in [6.45, 7) is 1.40. The van der Waals surface area contributed by atoms with Gasteiger partial charge in [-0.15, -0.1) is 0 Å². The molecule has 1 fully saturated rings. The van der Waals surface area contributed by atoms with Crippen molar-refractivity contribution < 1.29 is 9.53 Å². The monoisotopic (exact) mass is 203 g/mol. The molecule has 1 aliphatic rings. The molecule has 0 amide bonds. The quantitative estimate of drug-likeness (QED) is 0.678. The van der Waals surface area contributed by atoms with E-state index in [4.69, 9.17) is 4.74 Å². The number of rotatable bonds is 2. The smallest absolute Gasteiger partial charge is 0.168 e. The van der Waals surface area contributed by atoms with Crippen LogP contribution in [0.3, 0.4) is 0 Å². The molecule has 15 heavy (non-hydrogen) atoms. The van der Waals surface area contributed by atoms with Crippen molar-refractivity contribution in [1.29, 1.82) is 0 Å². The van der Waals surface area contributed by atoms with Crippen molar-refractivity contribution in [3.63, 3.8) is 0 Å². The predicted octanol–water partition coefficient (Wildman–Crippen LogP) is 0.815. The summed E-state index contributed by atoms with van der Waals surface area (Å²) in [5.41, 5.74) is 2.15. The number of fused-ring (bicyclic) bond motifs is 1. The summed E-state index contributed by atoms with van der Waals surface area (Å²) in [6.07, 6.45) is 2.42. The maximum atomic E-state index is 10.5. The summed E-state index contributed by atoms with van der Waals surface area (Å²) in [5.74, 6) is 0. The molecule has 0 aromatic carbocycles. The topological polar surface area (TPSA) is 57.0 Å². The molecule has 0 radical (unpaired) electrons. The van der Waals surface area contributed by atoms with Gasteiger partial charge in [0.15, 0.2) is 6.29 Å². The molecule has 0 spiro atoms. The lowest BCUT2D eigenvalue weighted by Crippen LogP contribution is -2.31. The van der Waals surface area contributed by atoms with Gasteiger partial charge in [0.25, 0.3) is 0 Å². The molecule has 3 rings (SSSR count). The van der Waals surface area contributed by atoms with Gasteiger partial charge in [-0.2, -0.15) is 5.10 Å². The van der Waals surface area contributed by atoms with Crippen molar-refractivity contribution in [2.45, 2.75) is 6.04 Å². The summed E-state index contributed by atoms with van der Waals surface area (Å²) in [7, 11) is 0. The van der Waals surface area contributed by atoms with Gasteiger partial charge in [-0.05, 0) is 12.1 Å². The van der Waals surface area contributed by atoms with E-state index in [1.54, 1.807) is 12.3 Å². The van der Waals surface area contributed by atoms with Crippen molar-refractivity contribution >= 4 is 17.3 Å². The molecule has 0 N–H and O–H groups in total. The van der Waals surface area contributed by atoms with Gasteiger partial charge in [-0.3, -0.25) is 9.48 Å². The zero-order valence-electron chi connectivity index (χ0n) is 7.96. The highest BCUT2D eigenvalue weighted by Crippen LogP contribution is 2.21. The highest BCUT2D eigenvalue weighted by Gasteiger charge is 2.22. The number of aldehydes is 1. The lowest BCUT2D eigenvalue weighted by Gasteiger charge is -2.26. The second-order valence-electron chi connectivity index (χ2n) is 3.54. The van der Waals surface area contributed by atoms with Gasteiger partial charge in [-0.25, -0.2) is 4.98 Å². The molecule has 5 heteroatoms. The average Bonchev–Trinajstić information content (AvgIpc) is 2.59. The Balaban J connectivity index is 2.13. The van der Waals surface area contributed by atoms with Crippen molar-refractivity contribution in [3.8, 4) is 0 Å². The summed E-state index contributed by atoms with van der Waals surface area (Å²) in [6, 6.07) is 3.89. The first-order chi connectivity index (χ1) is 7.38. The summed E-state index contributed by atoms with van der Waals surface area (Å²) < 4.78 is 7.02. The Kier molecular flexibility index (Phi) is 1.78. The molecule has 0 bridgehead atoms. The van der Waals surface area contributed by atoms with Crippen LogP contribution in [0.5, 0.6) is 0 Å². The zero-order valence-corrected chi connectivity index (χ0v) is 7.96. The SMILES string of the molecule is O=Cc1ccc2c(cnn2C2COC2)n1. The van der Waals surface area contributed by atoms with Gasteiger partial charge in [0.1, 0.15) is 11.2 Å². The first kappa shape index (κ1) is 8.55. The molecule has 0 aliphatic carbocycles. The van der Waals surface area contributed by atoms with Crippen molar-refractivity contribution in [2.75, 3.05) is 13.2 Å². The average molecular weight is 203 g/mol. The third-order valence-electron chi connectivity index (χ3n) is 2.56. The number of ether oxygens (including phenoxy) is 1. The number of nitrogens with zero attached hydrogens (tertiary/aromatic N) is 3. The number of carbonyl (C=O) groups excluding carboxylic acids is 1. The molecule has 1 aliphatic heterocycles. The minimum Gasteiger partial charge on any atom is -0.377 e. The van der Waals surface area contributed by atoms with E-state index in [2.05, 4.69) is 10.1 Å². The molecule has 2 aromatic rings. The Labute approximate surface area is 85.7 Å². The van der Waals surface area contributed by atoms with Crippen molar-refractivity contribution in [3.05, 3.63) is 24.0 Å². The van der Waals surface area contributed by atoms with Crippen LogP contribution in [0.25, 0.3) is 11.0 Å². The third kappa shape index (κ3) is 1.24. The van der Waals surface area contributed by atoms with Gasteiger partial charge < -0.3 is 4.74 Å². The zero-order chi connectivity index (χ0) is 10.3. The van der Waals surface area contributed by atoms with Crippen LogP contribution in [0, 0.1) is 0 Å². The molecule has 76 valence electrons. The minimum atomic E-state index is 0.311. The molecular formula is C10H9N3O2. The predicted molar refractivity (Wildman–Crippen MR) is 52.8 cm³/mol. The van der Waals surface area contributed by atoms with Crippen LogP contribution >= 0.6 is 0 Å². The number of carbonyl (C=O) groups is 1. The Morgan fingerprint density at radius 2 is 2.33 bits per heavy atom. The molecular weight excluding hydrogens is 194 g/mol. The molecule has 5 nitrogen and oxygen atoms in total. The Morgan fingerprint density at radius 3 is 3.00 bits per heavy atom. The Hall–Kier alpha value is -1.75. The Bertz CT molecular complexity index is 516. The van der Waals surface area contributed by atoms with E-state index in [1.165, 1.54) is 0 Å². The second-order valence-corrected chi connectivity index (χ2v) is 3.54. The normalized spacial score (nSPS) is 16.5. The van der Waals surface area contributed by atoms with Crippen LogP contribution in [-0.4, -0.2) is 34.3 Å². The van der Waals surface area contributed by atoms with Crippen LogP contribution in [0.2, 0.25) is 0 Å². The largest absolute Gasteiger partial charge is 0.377 e. The second kappa shape index (κ2) is 3.13. The highest BCUT2D eigenvalue weighted by molar-refractivity contribution is 5.80. The van der Waals surface area contributed by atoms with E-state index in [0.29, 0.717) is 24.9 Å². The number of aromatic nitrogens is 3. The van der Waals surface area contributed by atoms with Crippen LogP contribution in [0.4, 0.5) is 0 Å². The van der Waals surface area contributed by atoms with E-state index in [-0.39, 0.29) is 0 Å². The van der Waals surface area contributed by atoms with Crippen LogP contribution in [0.15, 0.2) is 18.3 Å². The van der Waals surface area contributed by atoms with E-state index in [1.807, 2.05) is 10.7 Å². The van der Waals surface area contributed by atoms with Gasteiger partial charge >= 0.3 is 0 Å². The van der Waals surface area contributed by atoms with E-state index < -0.39 is 0 Å². The van der Waals surface area contributed by atoms with Gasteiger partial charge in [0.2, 0.25) is 0 Å². The number of pyridine rings is 1. The van der Waals surface area contributed by atoms with Crippen molar-refractivity contribution in [2.24, 2.45) is 0 Å². The number of hydrogen-bond donors (Lipinski definition) is 0. The fourth-order valence-corrected chi connectivity index (χ4v) is 1.67.